The summed E-state index contributed by atoms with van der Waals surface area (Å²) >= 11 is 0. The first-order chi connectivity index (χ1) is 8.20. The second-order valence-electron chi connectivity index (χ2n) is 3.13. The Labute approximate surface area is 97.2 Å². The topological polar surface area (TPSA) is 74.5 Å². The van der Waals surface area contributed by atoms with Gasteiger partial charge < -0.3 is 13.9 Å². The normalized spacial score (nSPS) is 10.0. The molecular weight excluding hydrogens is 224 g/mol. The molecule has 17 heavy (non-hydrogen) atoms. The van der Waals surface area contributed by atoms with Gasteiger partial charge in [-0.15, -0.1) is 0 Å². The van der Waals surface area contributed by atoms with Gasteiger partial charge in [0.2, 0.25) is 0 Å². The summed E-state index contributed by atoms with van der Waals surface area (Å²) in [6, 6.07) is 5.34. The van der Waals surface area contributed by atoms with Crippen LogP contribution in [0.1, 0.15) is 6.92 Å². The Morgan fingerprint density at radius 2 is 2.24 bits per heavy atom. The van der Waals surface area contributed by atoms with Crippen molar-refractivity contribution in [2.24, 2.45) is 0 Å². The molecule has 0 saturated heterocycles. The van der Waals surface area contributed by atoms with E-state index in [2.05, 4.69) is 9.97 Å². The van der Waals surface area contributed by atoms with E-state index >= 15 is 0 Å². The lowest BCUT2D eigenvalue weighted by Crippen LogP contribution is -2.01. The number of esters is 1. The maximum absolute atomic E-state index is 10.8. The third kappa shape index (κ3) is 2.41. The van der Waals surface area contributed by atoms with Crippen LogP contribution in [0.4, 0.5) is 0 Å². The van der Waals surface area contributed by atoms with Crippen LogP contribution in [0, 0.1) is 0 Å². The summed E-state index contributed by atoms with van der Waals surface area (Å²) < 4.78 is 14.8. The van der Waals surface area contributed by atoms with Crippen LogP contribution in [0.15, 0.2) is 28.8 Å². The van der Waals surface area contributed by atoms with Crippen molar-refractivity contribution in [3.05, 3.63) is 24.4 Å². The van der Waals surface area contributed by atoms with Gasteiger partial charge >= 0.3 is 18.0 Å². The molecule has 2 rings (SSSR count). The summed E-state index contributed by atoms with van der Waals surface area (Å²) in [4.78, 5) is 18.9. The van der Waals surface area contributed by atoms with Gasteiger partial charge in [0.15, 0.2) is 5.69 Å². The molecule has 0 aliphatic rings. The molecule has 0 saturated carbocycles. The highest BCUT2D eigenvalue weighted by Gasteiger charge is 2.18. The summed E-state index contributed by atoms with van der Waals surface area (Å²) in [6.45, 7) is 1.26. The fourth-order valence-electron chi connectivity index (χ4n) is 1.26. The molecule has 0 aliphatic heterocycles. The number of hydrogen-bond acceptors (Lipinski definition) is 6. The zero-order valence-electron chi connectivity index (χ0n) is 9.34. The van der Waals surface area contributed by atoms with Crippen molar-refractivity contribution in [2.45, 2.75) is 6.92 Å². The lowest BCUT2D eigenvalue weighted by atomic mass is 10.3. The number of pyridine rings is 1. The second kappa shape index (κ2) is 4.65. The first kappa shape index (κ1) is 11.1. The fourth-order valence-corrected chi connectivity index (χ4v) is 1.26. The van der Waals surface area contributed by atoms with E-state index in [0.717, 1.165) is 0 Å². The standard InChI is InChI=1S/C11H10N2O4/c1-7(14)16-11-13-9(10(15-2)17-11)8-5-3-4-6-12-8/h3-6H,1-2H3. The molecule has 0 fully saturated rings. The largest absolute Gasteiger partial charge is 0.467 e. The van der Waals surface area contributed by atoms with Gasteiger partial charge in [-0.1, -0.05) is 6.07 Å². The molecule has 0 bridgehead atoms. The number of oxazole rings is 1. The first-order valence-electron chi connectivity index (χ1n) is 4.85. The third-order valence-electron chi connectivity index (χ3n) is 1.90. The quantitative estimate of drug-likeness (QED) is 0.752. The zero-order chi connectivity index (χ0) is 12.3. The van der Waals surface area contributed by atoms with E-state index in [-0.39, 0.29) is 12.0 Å². The summed E-state index contributed by atoms with van der Waals surface area (Å²) in [5, 5.41) is 0. The molecule has 0 spiro atoms. The van der Waals surface area contributed by atoms with Gasteiger partial charge in [-0.05, 0) is 12.1 Å². The van der Waals surface area contributed by atoms with E-state index in [1.54, 1.807) is 18.3 Å². The molecule has 0 amide bonds. The Hall–Kier alpha value is -2.37. The van der Waals surface area contributed by atoms with E-state index in [4.69, 9.17) is 13.9 Å². The lowest BCUT2D eigenvalue weighted by Gasteiger charge is -1.96. The molecule has 0 aliphatic carbocycles. The van der Waals surface area contributed by atoms with E-state index in [1.807, 2.05) is 6.07 Å². The van der Waals surface area contributed by atoms with E-state index in [1.165, 1.54) is 14.0 Å². The highest BCUT2D eigenvalue weighted by Crippen LogP contribution is 2.31. The van der Waals surface area contributed by atoms with Crippen LogP contribution in [0.3, 0.4) is 0 Å². The maximum Gasteiger partial charge on any atom is 0.405 e. The first-order valence-corrected chi connectivity index (χ1v) is 4.85. The fraction of sp³-hybridized carbons (Fsp3) is 0.182. The third-order valence-corrected chi connectivity index (χ3v) is 1.90. The van der Waals surface area contributed by atoms with Crippen molar-refractivity contribution < 1.29 is 18.7 Å². The number of rotatable bonds is 3. The van der Waals surface area contributed by atoms with E-state index < -0.39 is 5.97 Å². The SMILES string of the molecule is COc1oc(OC(C)=O)nc1-c1ccccn1. The Kier molecular flexibility index (Phi) is 3.04. The van der Waals surface area contributed by atoms with Gasteiger partial charge in [0.25, 0.3) is 0 Å². The minimum Gasteiger partial charge on any atom is -0.467 e. The van der Waals surface area contributed by atoms with Gasteiger partial charge in [-0.25, -0.2) is 0 Å². The summed E-state index contributed by atoms with van der Waals surface area (Å²) in [6.07, 6.45) is 1.46. The van der Waals surface area contributed by atoms with Crippen molar-refractivity contribution in [2.75, 3.05) is 7.11 Å². The predicted molar refractivity (Wildman–Crippen MR) is 57.6 cm³/mol. The molecule has 6 nitrogen and oxygen atoms in total. The smallest absolute Gasteiger partial charge is 0.405 e. The second-order valence-corrected chi connectivity index (χ2v) is 3.13. The molecule has 0 N–H and O–H groups in total. The molecule has 0 atom stereocenters. The van der Waals surface area contributed by atoms with Crippen LogP contribution in [-0.2, 0) is 4.79 Å². The van der Waals surface area contributed by atoms with Gasteiger partial charge in [0.05, 0.1) is 12.8 Å². The Balaban J connectivity index is 2.39. The zero-order valence-corrected chi connectivity index (χ0v) is 9.34. The maximum atomic E-state index is 10.8. The number of aromatic nitrogens is 2. The highest BCUT2D eigenvalue weighted by atomic mass is 16.7. The molecule has 2 heterocycles. The van der Waals surface area contributed by atoms with Crippen LogP contribution < -0.4 is 9.47 Å². The van der Waals surface area contributed by atoms with Gasteiger partial charge in [-0.2, -0.15) is 4.98 Å². The van der Waals surface area contributed by atoms with Crippen molar-refractivity contribution >= 4 is 5.97 Å². The number of hydrogen-bond donors (Lipinski definition) is 0. The molecule has 0 aromatic carbocycles. The highest BCUT2D eigenvalue weighted by molar-refractivity contribution is 5.68. The number of methoxy groups -OCH3 is 1. The molecule has 2 aromatic heterocycles. The van der Waals surface area contributed by atoms with Crippen molar-refractivity contribution in [1.29, 1.82) is 0 Å². The molecule has 88 valence electrons. The van der Waals surface area contributed by atoms with Gasteiger partial charge in [0, 0.05) is 13.1 Å². The summed E-state index contributed by atoms with van der Waals surface area (Å²) in [5.74, 6) is -0.360. The van der Waals surface area contributed by atoms with Crippen LogP contribution >= 0.6 is 0 Å². The number of nitrogens with zero attached hydrogens (tertiary/aromatic N) is 2. The van der Waals surface area contributed by atoms with Gasteiger partial charge in [0.1, 0.15) is 0 Å². The summed E-state index contributed by atoms with van der Waals surface area (Å²) in [5.41, 5.74) is 0.968. The molecule has 0 radical (unpaired) electrons. The average molecular weight is 234 g/mol. The van der Waals surface area contributed by atoms with Gasteiger partial charge in [-0.3, -0.25) is 9.78 Å². The molecular formula is C11H10N2O4. The number of carbonyl (C=O) groups is 1. The van der Waals surface area contributed by atoms with E-state index in [0.29, 0.717) is 11.4 Å². The molecule has 2 aromatic rings. The number of ether oxygens (including phenoxy) is 2. The Morgan fingerprint density at radius 3 is 2.82 bits per heavy atom. The minimum atomic E-state index is -0.513. The van der Waals surface area contributed by atoms with Crippen molar-refractivity contribution in [3.8, 4) is 23.4 Å². The van der Waals surface area contributed by atoms with E-state index in [9.17, 15) is 4.79 Å². The lowest BCUT2D eigenvalue weighted by molar-refractivity contribution is -0.133. The molecule has 0 unspecified atom stereocenters. The average Bonchev–Trinajstić information content (AvgIpc) is 2.72. The monoisotopic (exact) mass is 234 g/mol. The van der Waals surface area contributed by atoms with Crippen molar-refractivity contribution in [1.82, 2.24) is 9.97 Å². The van der Waals surface area contributed by atoms with Crippen LogP contribution in [0.5, 0.6) is 12.0 Å². The summed E-state index contributed by atoms with van der Waals surface area (Å²) in [7, 11) is 1.44. The number of carbonyl (C=O) groups excluding carboxylic acids is 1. The van der Waals surface area contributed by atoms with Crippen molar-refractivity contribution in [3.63, 3.8) is 0 Å². The predicted octanol–water partition coefficient (Wildman–Crippen LogP) is 1.67. The minimum absolute atomic E-state index is 0.153. The molecule has 6 heteroatoms. The van der Waals surface area contributed by atoms with Crippen LogP contribution in [0.25, 0.3) is 11.4 Å². The van der Waals surface area contributed by atoms with Crippen LogP contribution in [-0.4, -0.2) is 23.0 Å². The van der Waals surface area contributed by atoms with Crippen LogP contribution in [0.2, 0.25) is 0 Å². The Bertz CT molecular complexity index is 522. The Morgan fingerprint density at radius 1 is 1.41 bits per heavy atom.